The van der Waals surface area contributed by atoms with E-state index in [1.807, 2.05) is 13.8 Å². The Bertz CT molecular complexity index is 785. The fraction of sp³-hybridized carbons (Fsp3) is 0.333. The molecular formula is C18H20FNO2S. The number of benzene rings is 2. The number of sulfonamides is 1. The van der Waals surface area contributed by atoms with Gasteiger partial charge in [0.2, 0.25) is 10.0 Å². The van der Waals surface area contributed by atoms with Gasteiger partial charge in [0, 0.05) is 6.04 Å². The summed E-state index contributed by atoms with van der Waals surface area (Å²) >= 11 is 0. The summed E-state index contributed by atoms with van der Waals surface area (Å²) in [7, 11) is -3.57. The Kier molecular flexibility index (Phi) is 4.25. The molecule has 2 atom stereocenters. The first-order valence-electron chi connectivity index (χ1n) is 7.75. The van der Waals surface area contributed by atoms with E-state index >= 15 is 0 Å². The van der Waals surface area contributed by atoms with Gasteiger partial charge < -0.3 is 0 Å². The molecule has 3 nitrogen and oxygen atoms in total. The van der Waals surface area contributed by atoms with Gasteiger partial charge in [0.1, 0.15) is 5.82 Å². The highest BCUT2D eigenvalue weighted by Gasteiger charge is 2.40. The molecular weight excluding hydrogens is 313 g/mol. The molecule has 2 aromatic carbocycles. The van der Waals surface area contributed by atoms with E-state index in [2.05, 4.69) is 0 Å². The van der Waals surface area contributed by atoms with Gasteiger partial charge in [-0.2, -0.15) is 4.31 Å². The number of halogens is 1. The number of aryl methyl sites for hydroxylation is 1. The summed E-state index contributed by atoms with van der Waals surface area (Å²) in [6.07, 6.45) is 1.55. The minimum atomic E-state index is -3.57. The summed E-state index contributed by atoms with van der Waals surface area (Å²) in [5, 5.41) is 0. The van der Waals surface area contributed by atoms with Gasteiger partial charge in [0.05, 0.1) is 10.9 Å². The zero-order chi connectivity index (χ0) is 16.6. The average Bonchev–Trinajstić information content (AvgIpc) is 2.91. The van der Waals surface area contributed by atoms with Crippen molar-refractivity contribution in [3.63, 3.8) is 0 Å². The number of hydrogen-bond acceptors (Lipinski definition) is 2. The summed E-state index contributed by atoms with van der Waals surface area (Å²) in [5.41, 5.74) is 1.86. The van der Waals surface area contributed by atoms with Crippen molar-refractivity contribution in [2.45, 2.75) is 43.7 Å². The molecule has 5 heteroatoms. The van der Waals surface area contributed by atoms with Crippen molar-refractivity contribution in [2.24, 2.45) is 0 Å². The van der Waals surface area contributed by atoms with Crippen molar-refractivity contribution in [1.29, 1.82) is 0 Å². The second kappa shape index (κ2) is 6.06. The van der Waals surface area contributed by atoms with Crippen LogP contribution in [0.1, 0.15) is 36.9 Å². The maximum atomic E-state index is 13.2. The molecule has 0 radical (unpaired) electrons. The normalized spacial score (nSPS) is 22.4. The van der Waals surface area contributed by atoms with Crippen LogP contribution in [0, 0.1) is 12.7 Å². The molecule has 122 valence electrons. The molecule has 3 rings (SSSR count). The van der Waals surface area contributed by atoms with E-state index in [-0.39, 0.29) is 17.9 Å². The maximum Gasteiger partial charge on any atom is 0.243 e. The molecule has 1 aliphatic rings. The number of hydrogen-bond donors (Lipinski definition) is 0. The highest BCUT2D eigenvalue weighted by Crippen LogP contribution is 2.40. The van der Waals surface area contributed by atoms with Gasteiger partial charge in [-0.25, -0.2) is 12.8 Å². The summed E-state index contributed by atoms with van der Waals surface area (Å²) in [5.74, 6) is -0.312. The molecule has 0 saturated carbocycles. The predicted molar refractivity (Wildman–Crippen MR) is 88.0 cm³/mol. The van der Waals surface area contributed by atoms with Crippen LogP contribution in [-0.4, -0.2) is 18.8 Å². The predicted octanol–water partition coefficient (Wildman–Crippen LogP) is 4.05. The smallest absolute Gasteiger partial charge is 0.207 e. The third kappa shape index (κ3) is 3.03. The lowest BCUT2D eigenvalue weighted by Crippen LogP contribution is -2.35. The third-order valence-corrected chi connectivity index (χ3v) is 6.49. The Balaban J connectivity index is 2.00. The fourth-order valence-corrected chi connectivity index (χ4v) is 5.06. The second-order valence-corrected chi connectivity index (χ2v) is 7.98. The minimum Gasteiger partial charge on any atom is -0.207 e. The van der Waals surface area contributed by atoms with Crippen molar-refractivity contribution in [2.75, 3.05) is 0 Å². The van der Waals surface area contributed by atoms with Gasteiger partial charge in [0.25, 0.3) is 0 Å². The van der Waals surface area contributed by atoms with E-state index in [1.165, 1.54) is 12.1 Å². The SMILES string of the molecule is Cc1ccc(S(=O)(=O)N2C(C)CCC2c2ccc(F)cc2)cc1. The van der Waals surface area contributed by atoms with Gasteiger partial charge in [0.15, 0.2) is 0 Å². The van der Waals surface area contributed by atoms with Crippen LogP contribution in [0.4, 0.5) is 4.39 Å². The van der Waals surface area contributed by atoms with Gasteiger partial charge in [-0.05, 0) is 56.5 Å². The monoisotopic (exact) mass is 333 g/mol. The topological polar surface area (TPSA) is 37.4 Å². The van der Waals surface area contributed by atoms with E-state index in [0.717, 1.165) is 24.0 Å². The number of rotatable bonds is 3. The first kappa shape index (κ1) is 16.1. The molecule has 2 unspecified atom stereocenters. The van der Waals surface area contributed by atoms with Gasteiger partial charge in [-0.1, -0.05) is 29.8 Å². The summed E-state index contributed by atoms with van der Waals surface area (Å²) < 4.78 is 40.8. The first-order chi connectivity index (χ1) is 10.9. The summed E-state index contributed by atoms with van der Waals surface area (Å²) in [6.45, 7) is 3.85. The van der Waals surface area contributed by atoms with Crippen LogP contribution in [0.3, 0.4) is 0 Å². The molecule has 0 aromatic heterocycles. The molecule has 1 saturated heterocycles. The summed E-state index contributed by atoms with van der Waals surface area (Å²) in [6, 6.07) is 12.7. The molecule has 23 heavy (non-hydrogen) atoms. The Morgan fingerprint density at radius 1 is 1.00 bits per heavy atom. The van der Waals surface area contributed by atoms with E-state index in [9.17, 15) is 12.8 Å². The standard InChI is InChI=1S/C18H20FNO2S/c1-13-3-10-17(11-4-13)23(21,22)20-14(2)5-12-18(20)15-6-8-16(19)9-7-15/h3-4,6-11,14,18H,5,12H2,1-2H3. The van der Waals surface area contributed by atoms with Crippen molar-refractivity contribution in [1.82, 2.24) is 4.31 Å². The average molecular weight is 333 g/mol. The molecule has 0 spiro atoms. The van der Waals surface area contributed by atoms with Crippen molar-refractivity contribution < 1.29 is 12.8 Å². The lowest BCUT2D eigenvalue weighted by atomic mass is 10.1. The first-order valence-corrected chi connectivity index (χ1v) is 9.19. The minimum absolute atomic E-state index is 0.0728. The molecule has 1 heterocycles. The zero-order valence-corrected chi connectivity index (χ0v) is 14.1. The lowest BCUT2D eigenvalue weighted by molar-refractivity contribution is 0.340. The molecule has 1 fully saturated rings. The highest BCUT2D eigenvalue weighted by atomic mass is 32.2. The molecule has 0 bridgehead atoms. The Labute approximate surface area is 136 Å². The van der Waals surface area contributed by atoms with Gasteiger partial charge >= 0.3 is 0 Å². The Hall–Kier alpha value is -1.72. The lowest BCUT2D eigenvalue weighted by Gasteiger charge is -2.28. The molecule has 2 aromatic rings. The Morgan fingerprint density at radius 2 is 1.61 bits per heavy atom. The van der Waals surface area contributed by atoms with E-state index < -0.39 is 10.0 Å². The van der Waals surface area contributed by atoms with E-state index in [1.54, 1.807) is 40.7 Å². The van der Waals surface area contributed by atoms with Crippen LogP contribution in [0.5, 0.6) is 0 Å². The van der Waals surface area contributed by atoms with Crippen LogP contribution < -0.4 is 0 Å². The van der Waals surface area contributed by atoms with Crippen LogP contribution in [0.15, 0.2) is 53.4 Å². The largest absolute Gasteiger partial charge is 0.243 e. The fourth-order valence-electron chi connectivity index (χ4n) is 3.20. The maximum absolute atomic E-state index is 13.2. The summed E-state index contributed by atoms with van der Waals surface area (Å²) in [4.78, 5) is 0.309. The van der Waals surface area contributed by atoms with E-state index in [4.69, 9.17) is 0 Å². The van der Waals surface area contributed by atoms with E-state index in [0.29, 0.717) is 4.90 Å². The van der Waals surface area contributed by atoms with Gasteiger partial charge in [-0.15, -0.1) is 0 Å². The Morgan fingerprint density at radius 3 is 2.22 bits per heavy atom. The zero-order valence-electron chi connectivity index (χ0n) is 13.2. The highest BCUT2D eigenvalue weighted by molar-refractivity contribution is 7.89. The van der Waals surface area contributed by atoms with Crippen LogP contribution >= 0.6 is 0 Å². The van der Waals surface area contributed by atoms with Crippen LogP contribution in [0.2, 0.25) is 0 Å². The molecule has 0 amide bonds. The van der Waals surface area contributed by atoms with Crippen LogP contribution in [0.25, 0.3) is 0 Å². The van der Waals surface area contributed by atoms with Crippen LogP contribution in [-0.2, 0) is 10.0 Å². The van der Waals surface area contributed by atoms with Gasteiger partial charge in [-0.3, -0.25) is 0 Å². The quantitative estimate of drug-likeness (QED) is 0.850. The molecule has 0 N–H and O–H groups in total. The molecule has 0 aliphatic carbocycles. The van der Waals surface area contributed by atoms with Crippen molar-refractivity contribution >= 4 is 10.0 Å². The third-order valence-electron chi connectivity index (χ3n) is 4.45. The number of nitrogens with zero attached hydrogens (tertiary/aromatic N) is 1. The second-order valence-electron chi connectivity index (χ2n) is 6.14. The van der Waals surface area contributed by atoms with Crippen molar-refractivity contribution in [3.8, 4) is 0 Å². The van der Waals surface area contributed by atoms with Crippen molar-refractivity contribution in [3.05, 3.63) is 65.5 Å². The molecule has 1 aliphatic heterocycles.